The Morgan fingerprint density at radius 3 is 2.30 bits per heavy atom. The molecule has 6 heteroatoms. The first-order chi connectivity index (χ1) is 12.7. The Hall–Kier alpha value is -2.76. The van der Waals surface area contributed by atoms with Gasteiger partial charge in [0, 0.05) is 23.5 Å². The van der Waals surface area contributed by atoms with Crippen molar-refractivity contribution in [3.05, 3.63) is 47.1 Å². The lowest BCUT2D eigenvalue weighted by Gasteiger charge is -2.31. The van der Waals surface area contributed by atoms with Gasteiger partial charge in [0.1, 0.15) is 11.5 Å². The summed E-state index contributed by atoms with van der Waals surface area (Å²) < 4.78 is 0. The zero-order valence-electron chi connectivity index (χ0n) is 15.4. The van der Waals surface area contributed by atoms with Crippen LogP contribution in [0.15, 0.2) is 35.9 Å². The molecule has 1 unspecified atom stereocenters. The van der Waals surface area contributed by atoms with Crippen LogP contribution in [0.3, 0.4) is 0 Å². The van der Waals surface area contributed by atoms with Crippen molar-refractivity contribution in [1.29, 1.82) is 0 Å². The van der Waals surface area contributed by atoms with Gasteiger partial charge in [-0.1, -0.05) is 18.2 Å². The van der Waals surface area contributed by atoms with Crippen molar-refractivity contribution in [2.75, 3.05) is 0 Å². The number of carboxylic acids is 2. The molecule has 2 rings (SSSR count). The van der Waals surface area contributed by atoms with E-state index in [0.717, 1.165) is 5.57 Å². The monoisotopic (exact) mass is 374 g/mol. The molecule has 146 valence electrons. The van der Waals surface area contributed by atoms with Crippen LogP contribution < -0.4 is 0 Å². The fourth-order valence-electron chi connectivity index (χ4n) is 3.69. The van der Waals surface area contributed by atoms with Crippen molar-refractivity contribution in [1.82, 2.24) is 0 Å². The quantitative estimate of drug-likeness (QED) is 0.404. The predicted molar refractivity (Wildman–Crippen MR) is 101 cm³/mol. The van der Waals surface area contributed by atoms with Gasteiger partial charge in [-0.15, -0.1) is 0 Å². The minimum absolute atomic E-state index is 0.0636. The molecule has 27 heavy (non-hydrogen) atoms. The number of aliphatic carboxylic acids is 2. The number of rotatable bonds is 8. The molecule has 0 aliphatic heterocycles. The van der Waals surface area contributed by atoms with E-state index in [4.69, 9.17) is 5.11 Å². The molecule has 1 aromatic rings. The fraction of sp³-hybridized carbons (Fsp3) is 0.429. The highest BCUT2D eigenvalue weighted by atomic mass is 16.4. The average molecular weight is 374 g/mol. The minimum atomic E-state index is -0.991. The maximum atomic E-state index is 11.4. The van der Waals surface area contributed by atoms with Gasteiger partial charge < -0.3 is 20.4 Å². The standard InChI is InChI=1S/C21H26O6/c1-12(2)15-8-7-14(21(26)27)11-16(15)20-17(22)9-13(10-18(20)23)5-3-4-6-19(24)25/h9-11,15-16,22-23H,1,3-8H2,2H3,(H,24,25)(H,26,27)/t15-,16?/m0/s1. The number of allylic oxidation sites excluding steroid dienone is 2. The Labute approximate surface area is 158 Å². The number of benzene rings is 1. The molecule has 0 bridgehead atoms. The van der Waals surface area contributed by atoms with Gasteiger partial charge in [-0.25, -0.2) is 4.79 Å². The number of unbranched alkanes of at least 4 members (excludes halogenated alkanes) is 1. The molecule has 0 saturated carbocycles. The first-order valence-electron chi connectivity index (χ1n) is 9.06. The highest BCUT2D eigenvalue weighted by Gasteiger charge is 2.32. The van der Waals surface area contributed by atoms with Crippen LogP contribution in [0.5, 0.6) is 11.5 Å². The van der Waals surface area contributed by atoms with Crippen LogP contribution in [0.4, 0.5) is 0 Å². The molecule has 0 amide bonds. The predicted octanol–water partition coefficient (Wildman–Crippen LogP) is 3.98. The van der Waals surface area contributed by atoms with Crippen LogP contribution in [-0.2, 0) is 16.0 Å². The second kappa shape index (κ2) is 8.75. The van der Waals surface area contributed by atoms with Gasteiger partial charge in [0.2, 0.25) is 0 Å². The number of hydrogen-bond donors (Lipinski definition) is 4. The summed E-state index contributed by atoms with van der Waals surface area (Å²) in [4.78, 5) is 21.9. The molecule has 0 heterocycles. The van der Waals surface area contributed by atoms with Gasteiger partial charge >= 0.3 is 11.9 Å². The Kier molecular flexibility index (Phi) is 6.66. The van der Waals surface area contributed by atoms with Gasteiger partial charge in [-0.2, -0.15) is 0 Å². The molecule has 1 aliphatic carbocycles. The molecular weight excluding hydrogens is 348 g/mol. The number of phenolic OH excluding ortho intramolecular Hbond substituents is 2. The fourth-order valence-corrected chi connectivity index (χ4v) is 3.69. The van der Waals surface area contributed by atoms with Crippen LogP contribution in [0, 0.1) is 5.92 Å². The van der Waals surface area contributed by atoms with E-state index in [1.54, 1.807) is 18.2 Å². The van der Waals surface area contributed by atoms with Crippen molar-refractivity contribution in [2.45, 2.75) is 51.4 Å². The first kappa shape index (κ1) is 20.6. The van der Waals surface area contributed by atoms with Crippen LogP contribution >= 0.6 is 0 Å². The molecule has 0 fully saturated rings. The first-order valence-corrected chi connectivity index (χ1v) is 9.06. The lowest BCUT2D eigenvalue weighted by Crippen LogP contribution is -2.20. The van der Waals surface area contributed by atoms with Crippen molar-refractivity contribution >= 4 is 11.9 Å². The number of phenols is 2. The van der Waals surface area contributed by atoms with Crippen molar-refractivity contribution in [2.24, 2.45) is 5.92 Å². The van der Waals surface area contributed by atoms with Crippen LogP contribution in [0.2, 0.25) is 0 Å². The van der Waals surface area contributed by atoms with Gasteiger partial charge in [0.25, 0.3) is 0 Å². The second-order valence-corrected chi connectivity index (χ2v) is 7.16. The van der Waals surface area contributed by atoms with Crippen LogP contribution in [0.25, 0.3) is 0 Å². The summed E-state index contributed by atoms with van der Waals surface area (Å²) in [7, 11) is 0. The van der Waals surface area contributed by atoms with Crippen LogP contribution in [0.1, 0.15) is 56.1 Å². The van der Waals surface area contributed by atoms with Crippen molar-refractivity contribution < 1.29 is 30.0 Å². The molecule has 0 radical (unpaired) electrons. The third kappa shape index (κ3) is 5.12. The topological polar surface area (TPSA) is 115 Å². The third-order valence-corrected chi connectivity index (χ3v) is 5.08. The summed E-state index contributed by atoms with van der Waals surface area (Å²) in [5.41, 5.74) is 2.17. The van der Waals surface area contributed by atoms with E-state index >= 15 is 0 Å². The third-order valence-electron chi connectivity index (χ3n) is 5.08. The van der Waals surface area contributed by atoms with E-state index < -0.39 is 17.9 Å². The van der Waals surface area contributed by atoms with E-state index in [9.17, 15) is 24.9 Å². The van der Waals surface area contributed by atoms with E-state index in [0.29, 0.717) is 43.2 Å². The number of carbonyl (C=O) groups is 2. The Bertz CT molecular complexity index is 754. The average Bonchev–Trinajstić information content (AvgIpc) is 2.57. The second-order valence-electron chi connectivity index (χ2n) is 7.16. The Morgan fingerprint density at radius 2 is 1.78 bits per heavy atom. The maximum absolute atomic E-state index is 11.4. The Morgan fingerprint density at radius 1 is 1.15 bits per heavy atom. The van der Waals surface area contributed by atoms with Gasteiger partial charge in [0.15, 0.2) is 0 Å². The summed E-state index contributed by atoms with van der Waals surface area (Å²) in [5.74, 6) is -2.52. The van der Waals surface area contributed by atoms with Gasteiger partial charge in [0.05, 0.1) is 0 Å². The highest BCUT2D eigenvalue weighted by molar-refractivity contribution is 5.87. The largest absolute Gasteiger partial charge is 0.507 e. The van der Waals surface area contributed by atoms with E-state index in [1.165, 1.54) is 0 Å². The number of carboxylic acid groups (broad SMARTS) is 2. The minimum Gasteiger partial charge on any atom is -0.507 e. The molecule has 2 atom stereocenters. The highest BCUT2D eigenvalue weighted by Crippen LogP contribution is 2.46. The molecule has 0 saturated heterocycles. The smallest absolute Gasteiger partial charge is 0.331 e. The Balaban J connectivity index is 2.30. The lowest BCUT2D eigenvalue weighted by atomic mass is 9.73. The molecule has 1 aliphatic rings. The number of hydrogen-bond acceptors (Lipinski definition) is 4. The zero-order valence-corrected chi connectivity index (χ0v) is 15.4. The van der Waals surface area contributed by atoms with Crippen molar-refractivity contribution in [3.8, 4) is 11.5 Å². The molecular formula is C21H26O6. The van der Waals surface area contributed by atoms with E-state index in [2.05, 4.69) is 6.58 Å². The molecule has 0 aromatic heterocycles. The molecule has 0 spiro atoms. The number of aromatic hydroxyl groups is 2. The summed E-state index contributed by atoms with van der Waals surface area (Å²) in [6.07, 6.45) is 4.39. The summed E-state index contributed by atoms with van der Waals surface area (Å²) in [6, 6.07) is 3.13. The van der Waals surface area contributed by atoms with Gasteiger partial charge in [-0.05, 0) is 62.6 Å². The van der Waals surface area contributed by atoms with Crippen LogP contribution in [-0.4, -0.2) is 32.4 Å². The van der Waals surface area contributed by atoms with Gasteiger partial charge in [-0.3, -0.25) is 4.79 Å². The maximum Gasteiger partial charge on any atom is 0.331 e. The lowest BCUT2D eigenvalue weighted by molar-refractivity contribution is -0.137. The molecule has 1 aromatic carbocycles. The summed E-state index contributed by atoms with van der Waals surface area (Å²) >= 11 is 0. The van der Waals surface area contributed by atoms with E-state index in [1.807, 2.05) is 6.92 Å². The normalized spacial score (nSPS) is 19.4. The summed E-state index contributed by atoms with van der Waals surface area (Å²) in [5, 5.41) is 39.1. The number of aryl methyl sites for hydroxylation is 1. The molecule has 6 nitrogen and oxygen atoms in total. The van der Waals surface area contributed by atoms with Crippen molar-refractivity contribution in [3.63, 3.8) is 0 Å². The SMILES string of the molecule is C=C(C)[C@@H]1CCC(C(=O)O)=CC1c1c(O)cc(CCCCC(=O)O)cc1O. The zero-order chi connectivity index (χ0) is 20.1. The molecule has 4 N–H and O–H groups in total. The van der Waals surface area contributed by atoms with E-state index in [-0.39, 0.29) is 29.4 Å². The summed E-state index contributed by atoms with van der Waals surface area (Å²) in [6.45, 7) is 5.84.